The summed E-state index contributed by atoms with van der Waals surface area (Å²) in [5, 5.41) is 0. The SMILES string of the molecule is C#C.C=C(C)C=C/C(C)=C(C)\C=C/Cc1cc(CC)ccc1C.C=C(C)c1ccc(C)c(C)c1.C=C(C)c1ccc(C)cc1.CC. The lowest BCUT2D eigenvalue weighted by atomic mass is 10.0. The summed E-state index contributed by atoms with van der Waals surface area (Å²) < 4.78 is 0. The maximum Gasteiger partial charge on any atom is -0.00915 e. The second kappa shape index (κ2) is 24.9. The van der Waals surface area contributed by atoms with Gasteiger partial charge in [0.25, 0.3) is 0 Å². The first kappa shape index (κ1) is 43.8. The first-order chi connectivity index (χ1) is 21.7. The third kappa shape index (κ3) is 18.5. The van der Waals surface area contributed by atoms with Crippen molar-refractivity contribution in [3.05, 3.63) is 166 Å². The standard InChI is InChI=1S/C21H28.C11H14.C10H12.C2H6.C2H2/c1-7-20-14-13-19(6)21(15-20)10-8-9-17(4)18(5)12-11-16(2)3;1-8(2)11-6-5-9(3)10(4)7-11;1-8(2)10-6-4-9(3)5-7-10;2*1-2/h8-9,11-15H,2,7,10H2,1,3-6H3;5-7H,1H2,2-4H3;4-7H,1H2,2-3H3;1-2H3;1-2H/b9-8-,12-11?,18-17-;;;;. The fourth-order valence-corrected chi connectivity index (χ4v) is 3.90. The summed E-state index contributed by atoms with van der Waals surface area (Å²) in [5.41, 5.74) is 16.6. The Morgan fingerprint density at radius 2 is 1.11 bits per heavy atom. The fraction of sp³-hybridized carbons (Fsp3) is 0.304. The molecule has 46 heavy (non-hydrogen) atoms. The van der Waals surface area contributed by atoms with Crippen LogP contribution in [0.25, 0.3) is 11.1 Å². The fourth-order valence-electron chi connectivity index (χ4n) is 3.90. The van der Waals surface area contributed by atoms with Gasteiger partial charge in [-0.3, -0.25) is 0 Å². The van der Waals surface area contributed by atoms with Crippen LogP contribution in [-0.4, -0.2) is 0 Å². The molecule has 3 rings (SSSR count). The number of benzene rings is 3. The van der Waals surface area contributed by atoms with Crippen molar-refractivity contribution in [2.45, 2.75) is 95.9 Å². The number of terminal acetylenes is 1. The van der Waals surface area contributed by atoms with E-state index in [0.29, 0.717) is 0 Å². The molecule has 0 unspecified atom stereocenters. The van der Waals surface area contributed by atoms with E-state index in [9.17, 15) is 0 Å². The Kier molecular flexibility index (Phi) is 23.7. The quantitative estimate of drug-likeness (QED) is 0.175. The first-order valence-corrected chi connectivity index (χ1v) is 16.3. The minimum atomic E-state index is 0.995. The van der Waals surface area contributed by atoms with E-state index in [1.807, 2.05) is 34.6 Å². The molecule has 0 radical (unpaired) electrons. The summed E-state index contributed by atoms with van der Waals surface area (Å²) >= 11 is 0. The van der Waals surface area contributed by atoms with Crippen LogP contribution < -0.4 is 0 Å². The van der Waals surface area contributed by atoms with Crippen molar-refractivity contribution in [3.8, 4) is 12.8 Å². The predicted octanol–water partition coefficient (Wildman–Crippen LogP) is 13.8. The van der Waals surface area contributed by atoms with Gasteiger partial charge in [-0.1, -0.05) is 148 Å². The lowest BCUT2D eigenvalue weighted by Gasteiger charge is -2.06. The van der Waals surface area contributed by atoms with Gasteiger partial charge >= 0.3 is 0 Å². The number of aryl methyl sites for hydroxylation is 5. The monoisotopic (exact) mass is 614 g/mol. The average Bonchev–Trinajstić information content (AvgIpc) is 3.04. The van der Waals surface area contributed by atoms with Crippen LogP contribution in [0, 0.1) is 40.5 Å². The van der Waals surface area contributed by atoms with Gasteiger partial charge in [-0.15, -0.1) is 12.8 Å². The minimum absolute atomic E-state index is 0.995. The van der Waals surface area contributed by atoms with E-state index in [-0.39, 0.29) is 0 Å². The van der Waals surface area contributed by atoms with Crippen LogP contribution in [0.4, 0.5) is 0 Å². The number of hydrogen-bond donors (Lipinski definition) is 0. The normalized spacial score (nSPS) is 10.5. The van der Waals surface area contributed by atoms with E-state index in [2.05, 4.69) is 166 Å². The molecule has 0 atom stereocenters. The van der Waals surface area contributed by atoms with Crippen molar-refractivity contribution in [2.24, 2.45) is 0 Å². The molecule has 0 saturated heterocycles. The molecule has 3 aromatic rings. The highest BCUT2D eigenvalue weighted by Crippen LogP contribution is 2.16. The molecule has 0 aliphatic heterocycles. The van der Waals surface area contributed by atoms with Gasteiger partial charge in [0.05, 0.1) is 0 Å². The molecule has 0 heterocycles. The van der Waals surface area contributed by atoms with Crippen molar-refractivity contribution in [3.63, 3.8) is 0 Å². The molecule has 0 heteroatoms. The van der Waals surface area contributed by atoms with E-state index < -0.39 is 0 Å². The van der Waals surface area contributed by atoms with Crippen LogP contribution in [0.3, 0.4) is 0 Å². The van der Waals surface area contributed by atoms with Gasteiger partial charge in [-0.2, -0.15) is 0 Å². The molecule has 0 fully saturated rings. The van der Waals surface area contributed by atoms with Crippen molar-refractivity contribution < 1.29 is 0 Å². The molecule has 0 aliphatic rings. The third-order valence-electron chi connectivity index (χ3n) is 7.31. The van der Waals surface area contributed by atoms with Gasteiger partial charge in [-0.05, 0) is 125 Å². The molecule has 3 aromatic carbocycles. The largest absolute Gasteiger partial charge is 0.124 e. The van der Waals surface area contributed by atoms with Crippen LogP contribution >= 0.6 is 0 Å². The molecule has 0 aliphatic carbocycles. The Morgan fingerprint density at radius 3 is 1.59 bits per heavy atom. The van der Waals surface area contributed by atoms with Gasteiger partial charge in [0, 0.05) is 0 Å². The molecular formula is C46H62. The van der Waals surface area contributed by atoms with Crippen molar-refractivity contribution in [1.29, 1.82) is 0 Å². The van der Waals surface area contributed by atoms with Crippen molar-refractivity contribution >= 4 is 11.1 Å². The van der Waals surface area contributed by atoms with E-state index >= 15 is 0 Å². The van der Waals surface area contributed by atoms with Crippen LogP contribution in [0.5, 0.6) is 0 Å². The highest BCUT2D eigenvalue weighted by molar-refractivity contribution is 5.62. The minimum Gasteiger partial charge on any atom is -0.124 e. The Balaban J connectivity index is 0. The zero-order chi connectivity index (χ0) is 35.8. The van der Waals surface area contributed by atoms with Gasteiger partial charge in [0.15, 0.2) is 0 Å². The second-order valence-corrected chi connectivity index (χ2v) is 11.5. The third-order valence-corrected chi connectivity index (χ3v) is 7.31. The zero-order valence-electron chi connectivity index (χ0n) is 31.3. The summed E-state index contributed by atoms with van der Waals surface area (Å²) in [4.78, 5) is 0. The summed E-state index contributed by atoms with van der Waals surface area (Å²) in [6.45, 7) is 36.7. The molecular weight excluding hydrogens is 553 g/mol. The Morgan fingerprint density at radius 1 is 0.609 bits per heavy atom. The van der Waals surface area contributed by atoms with E-state index in [1.54, 1.807) is 0 Å². The van der Waals surface area contributed by atoms with Crippen LogP contribution in [0.2, 0.25) is 0 Å². The number of rotatable bonds is 8. The predicted molar refractivity (Wildman–Crippen MR) is 213 cm³/mol. The topological polar surface area (TPSA) is 0 Å². The molecule has 0 saturated carbocycles. The second-order valence-electron chi connectivity index (χ2n) is 11.5. The van der Waals surface area contributed by atoms with Gasteiger partial charge in [0.1, 0.15) is 0 Å². The van der Waals surface area contributed by atoms with Crippen LogP contribution in [0.15, 0.2) is 121 Å². The van der Waals surface area contributed by atoms with Crippen LogP contribution in [0.1, 0.15) is 99.9 Å². The zero-order valence-corrected chi connectivity index (χ0v) is 31.3. The summed E-state index contributed by atoms with van der Waals surface area (Å²) in [5.74, 6) is 0. The molecule has 0 spiro atoms. The van der Waals surface area contributed by atoms with Gasteiger partial charge in [-0.25, -0.2) is 0 Å². The smallest absolute Gasteiger partial charge is 0.00915 e. The molecule has 0 amide bonds. The Bertz CT molecular complexity index is 1480. The Hall–Kier alpha value is -4.34. The maximum atomic E-state index is 4.00. The number of allylic oxidation sites excluding steroid dienone is 9. The Labute approximate surface area is 285 Å². The van der Waals surface area contributed by atoms with Gasteiger partial charge < -0.3 is 0 Å². The van der Waals surface area contributed by atoms with Crippen molar-refractivity contribution in [2.75, 3.05) is 0 Å². The average molecular weight is 615 g/mol. The van der Waals surface area contributed by atoms with Gasteiger partial charge in [0.2, 0.25) is 0 Å². The van der Waals surface area contributed by atoms with E-state index in [0.717, 1.165) is 29.6 Å². The lowest BCUT2D eigenvalue weighted by molar-refractivity contribution is 1.10. The van der Waals surface area contributed by atoms with E-state index in [4.69, 9.17) is 0 Å². The molecule has 246 valence electrons. The molecule has 0 nitrogen and oxygen atoms in total. The summed E-state index contributed by atoms with van der Waals surface area (Å²) in [6.07, 6.45) is 18.8. The molecule has 0 N–H and O–H groups in total. The summed E-state index contributed by atoms with van der Waals surface area (Å²) in [6, 6.07) is 21.6. The van der Waals surface area contributed by atoms with E-state index in [1.165, 1.54) is 55.7 Å². The highest BCUT2D eigenvalue weighted by Gasteiger charge is 1.98. The first-order valence-electron chi connectivity index (χ1n) is 16.3. The summed E-state index contributed by atoms with van der Waals surface area (Å²) in [7, 11) is 0. The number of hydrogen-bond acceptors (Lipinski definition) is 0. The molecule has 0 bridgehead atoms. The highest BCUT2D eigenvalue weighted by atomic mass is 14.0. The maximum absolute atomic E-state index is 4.00. The molecule has 0 aromatic heterocycles. The lowest BCUT2D eigenvalue weighted by Crippen LogP contribution is -1.90. The van der Waals surface area contributed by atoms with Crippen molar-refractivity contribution in [1.82, 2.24) is 0 Å². The van der Waals surface area contributed by atoms with Crippen LogP contribution in [-0.2, 0) is 12.8 Å².